The summed E-state index contributed by atoms with van der Waals surface area (Å²) in [6, 6.07) is 5.52. The molecule has 18 heavy (non-hydrogen) atoms. The van der Waals surface area contributed by atoms with Gasteiger partial charge in [0, 0.05) is 0 Å². The molecule has 1 aromatic carbocycles. The molecule has 0 heterocycles. The molecule has 0 radical (unpaired) electrons. The summed E-state index contributed by atoms with van der Waals surface area (Å²) in [6.07, 6.45) is 0.699. The highest BCUT2D eigenvalue weighted by Crippen LogP contribution is 2.22. The van der Waals surface area contributed by atoms with Crippen molar-refractivity contribution in [1.82, 2.24) is 0 Å². The number of hydrogen-bond acceptors (Lipinski definition) is 3. The van der Waals surface area contributed by atoms with E-state index in [0.29, 0.717) is 12.0 Å². The molecule has 0 fully saturated rings. The van der Waals surface area contributed by atoms with Crippen molar-refractivity contribution in [3.05, 3.63) is 29.8 Å². The molecule has 0 aliphatic rings. The molecule has 1 rings (SSSR count). The highest BCUT2D eigenvalue weighted by Gasteiger charge is 2.16. The summed E-state index contributed by atoms with van der Waals surface area (Å²) in [4.78, 5) is 0. The van der Waals surface area contributed by atoms with Crippen molar-refractivity contribution in [3.63, 3.8) is 0 Å². The average molecular weight is 282 g/mol. The van der Waals surface area contributed by atoms with Crippen LogP contribution in [0.3, 0.4) is 0 Å². The first-order valence-electron chi connectivity index (χ1n) is 5.53. The van der Waals surface area contributed by atoms with Gasteiger partial charge in [0.1, 0.15) is 5.75 Å². The van der Waals surface area contributed by atoms with Crippen molar-refractivity contribution in [1.29, 1.82) is 0 Å². The van der Waals surface area contributed by atoms with E-state index in [2.05, 4.69) is 4.74 Å². The van der Waals surface area contributed by atoms with Crippen LogP contribution in [-0.2, 0) is 0 Å². The molecule has 104 valence electrons. The number of aliphatic hydroxyl groups is 1. The number of hydrogen-bond donors (Lipinski definition) is 2. The largest absolute Gasteiger partial charge is 0.435 e. The zero-order valence-electron chi connectivity index (χ0n) is 10.1. The molecule has 1 aromatic rings. The second-order valence-corrected chi connectivity index (χ2v) is 3.83. The molecule has 3 nitrogen and oxygen atoms in total. The summed E-state index contributed by atoms with van der Waals surface area (Å²) in [6.45, 7) is -0.922. The fourth-order valence-corrected chi connectivity index (χ4v) is 1.60. The average Bonchev–Trinajstić information content (AvgIpc) is 2.28. The lowest BCUT2D eigenvalue weighted by molar-refractivity contribution is -0.0499. The Labute approximate surface area is 111 Å². The molecule has 0 aliphatic heterocycles. The van der Waals surface area contributed by atoms with Crippen molar-refractivity contribution in [2.24, 2.45) is 5.73 Å². The lowest BCUT2D eigenvalue weighted by Gasteiger charge is -2.19. The van der Waals surface area contributed by atoms with Crippen molar-refractivity contribution in [2.75, 3.05) is 0 Å². The summed E-state index contributed by atoms with van der Waals surface area (Å²) in [7, 11) is 0. The van der Waals surface area contributed by atoms with Crippen LogP contribution in [0, 0.1) is 0 Å². The highest BCUT2D eigenvalue weighted by molar-refractivity contribution is 5.85. The van der Waals surface area contributed by atoms with Gasteiger partial charge in [-0.1, -0.05) is 25.5 Å². The maximum atomic E-state index is 12.0. The van der Waals surface area contributed by atoms with Crippen molar-refractivity contribution in [3.8, 4) is 5.75 Å². The van der Waals surface area contributed by atoms with Crippen LogP contribution in [0.2, 0.25) is 0 Å². The van der Waals surface area contributed by atoms with Crippen LogP contribution >= 0.6 is 12.4 Å². The highest BCUT2D eigenvalue weighted by atomic mass is 35.5. The van der Waals surface area contributed by atoms with Crippen molar-refractivity contribution >= 4 is 12.4 Å². The Kier molecular flexibility index (Phi) is 7.82. The Hall–Kier alpha value is -0.910. The number of benzene rings is 1. The van der Waals surface area contributed by atoms with E-state index in [1.807, 2.05) is 6.92 Å². The molecule has 0 spiro atoms. The van der Waals surface area contributed by atoms with E-state index in [1.54, 1.807) is 12.1 Å². The number of rotatable bonds is 6. The summed E-state index contributed by atoms with van der Waals surface area (Å²) in [5.74, 6) is 0.0525. The van der Waals surface area contributed by atoms with Crippen LogP contribution < -0.4 is 10.5 Å². The van der Waals surface area contributed by atoms with Crippen LogP contribution in [0.1, 0.15) is 31.4 Å². The molecule has 0 amide bonds. The number of nitrogens with two attached hydrogens (primary N) is 1. The monoisotopic (exact) mass is 281 g/mol. The minimum absolute atomic E-state index is 0. The summed E-state index contributed by atoms with van der Waals surface area (Å²) in [5, 5.41) is 9.73. The quantitative estimate of drug-likeness (QED) is 0.843. The lowest BCUT2D eigenvalue weighted by atomic mass is 9.99. The van der Waals surface area contributed by atoms with Gasteiger partial charge >= 0.3 is 6.61 Å². The minimum atomic E-state index is -2.86. The topological polar surface area (TPSA) is 55.5 Å². The predicted molar refractivity (Wildman–Crippen MR) is 68.2 cm³/mol. The third-order valence-corrected chi connectivity index (χ3v) is 2.47. The van der Waals surface area contributed by atoms with E-state index in [4.69, 9.17) is 5.73 Å². The first-order chi connectivity index (χ1) is 8.04. The first-order valence-corrected chi connectivity index (χ1v) is 5.53. The van der Waals surface area contributed by atoms with Gasteiger partial charge in [0.05, 0.1) is 12.1 Å². The van der Waals surface area contributed by atoms with Crippen LogP contribution in [0.15, 0.2) is 24.3 Å². The van der Waals surface area contributed by atoms with Crippen LogP contribution in [-0.4, -0.2) is 17.8 Å². The second kappa shape index (κ2) is 8.24. The van der Waals surface area contributed by atoms with Gasteiger partial charge in [-0.3, -0.25) is 0 Å². The van der Waals surface area contributed by atoms with Gasteiger partial charge in [-0.2, -0.15) is 8.78 Å². The van der Waals surface area contributed by atoms with Crippen LogP contribution in [0.25, 0.3) is 0 Å². The van der Waals surface area contributed by atoms with Crippen molar-refractivity contribution < 1.29 is 18.6 Å². The van der Waals surface area contributed by atoms with Gasteiger partial charge in [-0.05, 0) is 24.1 Å². The maximum Gasteiger partial charge on any atom is 0.387 e. The van der Waals surface area contributed by atoms with Crippen LogP contribution in [0.5, 0.6) is 5.75 Å². The molecular weight excluding hydrogens is 264 g/mol. The number of aliphatic hydroxyl groups excluding tert-OH is 1. The zero-order valence-corrected chi connectivity index (χ0v) is 10.9. The molecule has 0 saturated heterocycles. The molecular formula is C12H18ClF2NO2. The van der Waals surface area contributed by atoms with E-state index in [1.165, 1.54) is 12.1 Å². The van der Waals surface area contributed by atoms with Gasteiger partial charge in [0.2, 0.25) is 0 Å². The molecule has 0 saturated carbocycles. The van der Waals surface area contributed by atoms with E-state index in [-0.39, 0.29) is 18.2 Å². The summed E-state index contributed by atoms with van der Waals surface area (Å²) in [5.41, 5.74) is 6.42. The van der Waals surface area contributed by atoms with Gasteiger partial charge in [0.25, 0.3) is 0 Å². The minimum Gasteiger partial charge on any atom is -0.435 e. The van der Waals surface area contributed by atoms with E-state index < -0.39 is 18.8 Å². The Morgan fingerprint density at radius 3 is 2.61 bits per heavy atom. The summed E-state index contributed by atoms with van der Waals surface area (Å²) < 4.78 is 28.3. The Bertz CT molecular complexity index is 353. The standard InChI is InChI=1S/C12H17F2NO2.ClH/c1-2-4-10(16)11(15)8-5-3-6-9(7-8)17-12(13)14;/h3,5-7,10-12,16H,2,4,15H2,1H3;1H/t10-,11+;/m0./s1. The molecule has 3 N–H and O–H groups in total. The Morgan fingerprint density at radius 1 is 1.39 bits per heavy atom. The van der Waals surface area contributed by atoms with Crippen LogP contribution in [0.4, 0.5) is 8.78 Å². The van der Waals surface area contributed by atoms with E-state index >= 15 is 0 Å². The second-order valence-electron chi connectivity index (χ2n) is 3.83. The van der Waals surface area contributed by atoms with E-state index in [9.17, 15) is 13.9 Å². The summed E-state index contributed by atoms with van der Waals surface area (Å²) >= 11 is 0. The Balaban J connectivity index is 0.00000289. The molecule has 2 atom stereocenters. The van der Waals surface area contributed by atoms with Gasteiger partial charge in [0.15, 0.2) is 0 Å². The predicted octanol–water partition coefficient (Wildman–Crippen LogP) is 2.87. The third-order valence-electron chi connectivity index (χ3n) is 2.47. The number of halogens is 3. The maximum absolute atomic E-state index is 12.0. The van der Waals surface area contributed by atoms with Gasteiger partial charge in [-0.15, -0.1) is 12.4 Å². The SMILES string of the molecule is CCC[C@H](O)[C@H](N)c1cccc(OC(F)F)c1.Cl. The molecule has 6 heteroatoms. The fourth-order valence-electron chi connectivity index (χ4n) is 1.60. The van der Waals surface area contributed by atoms with Gasteiger partial charge < -0.3 is 15.6 Å². The van der Waals surface area contributed by atoms with Crippen molar-refractivity contribution in [2.45, 2.75) is 38.5 Å². The molecule has 0 aromatic heterocycles. The lowest BCUT2D eigenvalue weighted by Crippen LogP contribution is -2.25. The third kappa shape index (κ3) is 5.16. The normalized spacial score (nSPS) is 13.9. The molecule has 0 unspecified atom stereocenters. The van der Waals surface area contributed by atoms with Gasteiger partial charge in [-0.25, -0.2) is 0 Å². The molecule has 0 bridgehead atoms. The molecule has 0 aliphatic carbocycles. The van der Waals surface area contributed by atoms with E-state index in [0.717, 1.165) is 6.42 Å². The Morgan fingerprint density at radius 2 is 2.06 bits per heavy atom. The smallest absolute Gasteiger partial charge is 0.387 e. The fraction of sp³-hybridized carbons (Fsp3) is 0.500. The zero-order chi connectivity index (χ0) is 12.8. The first kappa shape index (κ1) is 17.1. The number of alkyl halides is 2. The number of ether oxygens (including phenoxy) is 1.